The van der Waals surface area contributed by atoms with Gasteiger partial charge in [-0.05, 0) is 13.3 Å². The van der Waals surface area contributed by atoms with Crippen LogP contribution in [0.2, 0.25) is 0 Å². The fourth-order valence-electron chi connectivity index (χ4n) is 1.37. The first-order valence-electron chi connectivity index (χ1n) is 5.34. The van der Waals surface area contributed by atoms with Crippen molar-refractivity contribution in [2.24, 2.45) is 5.92 Å². The molecular formula is C12H17N3O2. The van der Waals surface area contributed by atoms with E-state index < -0.39 is 0 Å². The SMILES string of the molecule is C=C(C)CC(C)C(=O)Nc1cncc(OC)n1. The van der Waals surface area contributed by atoms with Gasteiger partial charge in [0.15, 0.2) is 5.82 Å². The summed E-state index contributed by atoms with van der Waals surface area (Å²) in [5.74, 6) is 0.523. The summed E-state index contributed by atoms with van der Waals surface area (Å²) in [5, 5.41) is 2.69. The maximum atomic E-state index is 11.8. The van der Waals surface area contributed by atoms with E-state index in [1.807, 2.05) is 13.8 Å². The highest BCUT2D eigenvalue weighted by atomic mass is 16.5. The van der Waals surface area contributed by atoms with E-state index in [9.17, 15) is 4.79 Å². The molecule has 92 valence electrons. The summed E-state index contributed by atoms with van der Waals surface area (Å²) >= 11 is 0. The quantitative estimate of drug-likeness (QED) is 0.793. The predicted molar refractivity (Wildman–Crippen MR) is 65.8 cm³/mol. The minimum Gasteiger partial charge on any atom is -0.480 e. The first kappa shape index (κ1) is 13.2. The first-order valence-corrected chi connectivity index (χ1v) is 5.34. The van der Waals surface area contributed by atoms with Crippen molar-refractivity contribution < 1.29 is 9.53 Å². The van der Waals surface area contributed by atoms with Crippen molar-refractivity contribution in [1.82, 2.24) is 9.97 Å². The third kappa shape index (κ3) is 4.22. The number of methoxy groups -OCH3 is 1. The lowest BCUT2D eigenvalue weighted by Gasteiger charge is -2.11. The number of nitrogens with one attached hydrogen (secondary N) is 1. The zero-order valence-corrected chi connectivity index (χ0v) is 10.4. The third-order valence-electron chi connectivity index (χ3n) is 2.18. The highest BCUT2D eigenvalue weighted by Crippen LogP contribution is 2.13. The summed E-state index contributed by atoms with van der Waals surface area (Å²) in [7, 11) is 1.50. The maximum Gasteiger partial charge on any atom is 0.233 e. The first-order chi connectivity index (χ1) is 8.02. The van der Waals surface area contributed by atoms with Crippen LogP contribution in [0.1, 0.15) is 20.3 Å². The summed E-state index contributed by atoms with van der Waals surface area (Å²) in [6.07, 6.45) is 3.62. The van der Waals surface area contributed by atoms with Crippen molar-refractivity contribution in [1.29, 1.82) is 0 Å². The summed E-state index contributed by atoms with van der Waals surface area (Å²) < 4.78 is 4.92. The molecule has 1 amide bonds. The van der Waals surface area contributed by atoms with Crippen molar-refractivity contribution in [3.63, 3.8) is 0 Å². The second-order valence-corrected chi connectivity index (χ2v) is 4.00. The lowest BCUT2D eigenvalue weighted by atomic mass is 10.0. The number of aromatic nitrogens is 2. The van der Waals surface area contributed by atoms with E-state index in [1.54, 1.807) is 0 Å². The fourth-order valence-corrected chi connectivity index (χ4v) is 1.37. The average Bonchev–Trinajstić information content (AvgIpc) is 2.28. The standard InChI is InChI=1S/C12H17N3O2/c1-8(2)5-9(3)12(16)15-10-6-13-7-11(14-10)17-4/h6-7,9H,1,5H2,2-4H3,(H,14,15,16). The van der Waals surface area contributed by atoms with Crippen LogP contribution in [0.3, 0.4) is 0 Å². The molecule has 0 fully saturated rings. The number of amides is 1. The molecule has 0 aliphatic heterocycles. The van der Waals surface area contributed by atoms with Crippen LogP contribution in [0, 0.1) is 5.92 Å². The van der Waals surface area contributed by atoms with Crippen LogP contribution < -0.4 is 10.1 Å². The van der Waals surface area contributed by atoms with Gasteiger partial charge in [0, 0.05) is 5.92 Å². The molecule has 0 radical (unpaired) electrons. The Morgan fingerprint density at radius 2 is 2.29 bits per heavy atom. The number of nitrogens with zero attached hydrogens (tertiary/aromatic N) is 2. The summed E-state index contributed by atoms with van der Waals surface area (Å²) in [5.41, 5.74) is 0.976. The molecule has 0 aliphatic rings. The van der Waals surface area contributed by atoms with Crippen molar-refractivity contribution in [3.05, 3.63) is 24.5 Å². The molecule has 1 heterocycles. The largest absolute Gasteiger partial charge is 0.480 e. The van der Waals surface area contributed by atoms with Crippen LogP contribution in [0.5, 0.6) is 5.88 Å². The minimum absolute atomic E-state index is 0.101. The Labute approximate surface area is 101 Å². The van der Waals surface area contributed by atoms with Gasteiger partial charge < -0.3 is 10.1 Å². The number of anilines is 1. The van der Waals surface area contributed by atoms with Crippen molar-refractivity contribution in [2.75, 3.05) is 12.4 Å². The van der Waals surface area contributed by atoms with E-state index in [-0.39, 0.29) is 11.8 Å². The van der Waals surface area contributed by atoms with Gasteiger partial charge in [-0.1, -0.05) is 12.5 Å². The lowest BCUT2D eigenvalue weighted by Crippen LogP contribution is -2.21. The molecule has 5 heteroatoms. The second kappa shape index (κ2) is 5.98. The van der Waals surface area contributed by atoms with Gasteiger partial charge in [0.25, 0.3) is 0 Å². The van der Waals surface area contributed by atoms with Crippen molar-refractivity contribution in [2.45, 2.75) is 20.3 Å². The normalized spacial score (nSPS) is 11.7. The Hall–Kier alpha value is -1.91. The molecule has 1 aromatic rings. The number of carbonyl (C=O) groups is 1. The molecule has 0 spiro atoms. The van der Waals surface area contributed by atoms with Crippen LogP contribution in [0.4, 0.5) is 5.82 Å². The predicted octanol–water partition coefficient (Wildman–Crippen LogP) is 2.03. The van der Waals surface area contributed by atoms with Crippen molar-refractivity contribution >= 4 is 11.7 Å². The number of carbonyl (C=O) groups excluding carboxylic acids is 1. The molecule has 0 saturated carbocycles. The molecule has 17 heavy (non-hydrogen) atoms. The van der Waals surface area contributed by atoms with Gasteiger partial charge in [0.2, 0.25) is 11.8 Å². The molecule has 1 unspecified atom stereocenters. The average molecular weight is 235 g/mol. The molecule has 1 aromatic heterocycles. The number of hydrogen-bond donors (Lipinski definition) is 1. The van der Waals surface area contributed by atoms with E-state index >= 15 is 0 Å². The van der Waals surface area contributed by atoms with Crippen LogP contribution in [0.25, 0.3) is 0 Å². The topological polar surface area (TPSA) is 64.1 Å². The van der Waals surface area contributed by atoms with Gasteiger partial charge in [-0.15, -0.1) is 6.58 Å². The molecule has 0 aliphatic carbocycles. The Morgan fingerprint density at radius 1 is 1.59 bits per heavy atom. The van der Waals surface area contributed by atoms with Gasteiger partial charge >= 0.3 is 0 Å². The molecule has 0 aromatic carbocycles. The molecular weight excluding hydrogens is 218 g/mol. The smallest absolute Gasteiger partial charge is 0.233 e. The Balaban J connectivity index is 2.64. The number of rotatable bonds is 5. The van der Waals surface area contributed by atoms with Gasteiger partial charge in [-0.25, -0.2) is 0 Å². The van der Waals surface area contributed by atoms with E-state index in [1.165, 1.54) is 19.5 Å². The summed E-state index contributed by atoms with van der Waals surface area (Å²) in [6.45, 7) is 7.53. The van der Waals surface area contributed by atoms with Gasteiger partial charge in [-0.3, -0.25) is 9.78 Å². The van der Waals surface area contributed by atoms with Gasteiger partial charge in [0.1, 0.15) is 0 Å². The zero-order chi connectivity index (χ0) is 12.8. The summed E-state index contributed by atoms with van der Waals surface area (Å²) in [4.78, 5) is 19.7. The molecule has 5 nitrogen and oxygen atoms in total. The number of allylic oxidation sites excluding steroid dienone is 1. The van der Waals surface area contributed by atoms with E-state index in [0.29, 0.717) is 18.1 Å². The van der Waals surface area contributed by atoms with E-state index in [4.69, 9.17) is 4.74 Å². The van der Waals surface area contributed by atoms with E-state index in [0.717, 1.165) is 5.57 Å². The molecule has 0 saturated heterocycles. The Morgan fingerprint density at radius 3 is 2.88 bits per heavy atom. The Bertz CT molecular complexity index is 418. The van der Waals surface area contributed by atoms with E-state index in [2.05, 4.69) is 21.9 Å². The third-order valence-corrected chi connectivity index (χ3v) is 2.18. The molecule has 0 bridgehead atoms. The lowest BCUT2D eigenvalue weighted by molar-refractivity contribution is -0.119. The fraction of sp³-hybridized carbons (Fsp3) is 0.417. The zero-order valence-electron chi connectivity index (χ0n) is 10.4. The highest BCUT2D eigenvalue weighted by molar-refractivity contribution is 5.91. The number of ether oxygens (including phenoxy) is 1. The monoisotopic (exact) mass is 235 g/mol. The molecule has 1 atom stereocenters. The molecule has 1 rings (SSSR count). The number of hydrogen-bond acceptors (Lipinski definition) is 4. The van der Waals surface area contributed by atoms with Gasteiger partial charge in [0.05, 0.1) is 19.5 Å². The van der Waals surface area contributed by atoms with Crippen LogP contribution >= 0.6 is 0 Å². The highest BCUT2D eigenvalue weighted by Gasteiger charge is 2.13. The molecule has 1 N–H and O–H groups in total. The summed E-state index contributed by atoms with van der Waals surface area (Å²) in [6, 6.07) is 0. The maximum absolute atomic E-state index is 11.8. The minimum atomic E-state index is -0.138. The van der Waals surface area contributed by atoms with Crippen molar-refractivity contribution in [3.8, 4) is 5.88 Å². The van der Waals surface area contributed by atoms with Crippen LogP contribution in [-0.4, -0.2) is 23.0 Å². The second-order valence-electron chi connectivity index (χ2n) is 4.00. The van der Waals surface area contributed by atoms with Crippen LogP contribution in [0.15, 0.2) is 24.5 Å². The Kier molecular flexibility index (Phi) is 4.63. The van der Waals surface area contributed by atoms with Gasteiger partial charge in [-0.2, -0.15) is 4.98 Å². The van der Waals surface area contributed by atoms with Crippen LogP contribution in [-0.2, 0) is 4.79 Å².